The smallest absolute Gasteiger partial charge is 0.258 e. The maximum Gasteiger partial charge on any atom is 0.258 e. The number of hydrogen-bond acceptors (Lipinski definition) is 12. The zero-order valence-corrected chi connectivity index (χ0v) is 42.7. The molecule has 21 heteroatoms. The van der Waals surface area contributed by atoms with Crippen molar-refractivity contribution in [3.05, 3.63) is 129 Å². The number of Topliss-reactive ketones (excluding diaryl/α,β-unsaturated/α-hetero) is 2. The molecule has 5 aromatic rings. The molecular weight excluding hydrogens is 1020 g/mol. The van der Waals surface area contributed by atoms with Crippen molar-refractivity contribution < 1.29 is 38.2 Å². The second-order valence-electron chi connectivity index (χ2n) is 15.3. The highest BCUT2D eigenvalue weighted by molar-refractivity contribution is 6.35. The normalized spacial score (nSPS) is 12.0. The predicted molar refractivity (Wildman–Crippen MR) is 279 cm³/mol. The molecule has 71 heavy (non-hydrogen) atoms. The maximum absolute atomic E-state index is 13.6. The van der Waals surface area contributed by atoms with Gasteiger partial charge in [0.2, 0.25) is 12.1 Å². The molecule has 0 saturated heterocycles. The van der Waals surface area contributed by atoms with Crippen LogP contribution in [0, 0.1) is 0 Å². The van der Waals surface area contributed by atoms with Crippen molar-refractivity contribution in [3.63, 3.8) is 0 Å². The third kappa shape index (κ3) is 15.3. The lowest BCUT2D eigenvalue weighted by atomic mass is 10.1. The Bertz CT molecular complexity index is 2850. The molecule has 5 aromatic carbocycles. The summed E-state index contributed by atoms with van der Waals surface area (Å²) < 4.78 is 11.4. The molecule has 0 radical (unpaired) electrons. The van der Waals surface area contributed by atoms with Crippen LogP contribution < -0.4 is 30.7 Å². The minimum atomic E-state index is -1.61. The minimum Gasteiger partial charge on any atom is -0.494 e. The van der Waals surface area contributed by atoms with Crippen LogP contribution >= 0.6 is 58.0 Å². The molecule has 372 valence electrons. The summed E-state index contributed by atoms with van der Waals surface area (Å²) in [4.78, 5) is 79.5. The van der Waals surface area contributed by atoms with Gasteiger partial charge in [0.25, 0.3) is 23.6 Å². The van der Waals surface area contributed by atoms with Gasteiger partial charge in [0, 0.05) is 51.5 Å². The number of amides is 4. The van der Waals surface area contributed by atoms with Crippen LogP contribution in [0.3, 0.4) is 0 Å². The molecule has 0 aliphatic carbocycles. The number of alkyl halides is 3. The number of anilines is 4. The molecule has 0 heterocycles. The molecule has 0 fully saturated rings. The quantitative estimate of drug-likeness (QED) is 0.0264. The van der Waals surface area contributed by atoms with E-state index in [0.29, 0.717) is 65.6 Å². The van der Waals surface area contributed by atoms with Gasteiger partial charge in [0.15, 0.2) is 11.6 Å². The Kier molecular flexibility index (Phi) is 21.3. The summed E-state index contributed by atoms with van der Waals surface area (Å²) in [6.45, 7) is 6.86. The van der Waals surface area contributed by atoms with Crippen LogP contribution in [0.2, 0.25) is 10.0 Å². The highest BCUT2D eigenvalue weighted by atomic mass is 35.5. The van der Waals surface area contributed by atoms with Crippen molar-refractivity contribution in [2.24, 2.45) is 20.5 Å². The van der Waals surface area contributed by atoms with Crippen LogP contribution in [-0.2, 0) is 38.4 Å². The first kappa shape index (κ1) is 55.5. The highest BCUT2D eigenvalue weighted by Crippen LogP contribution is 2.32. The molecule has 0 saturated carbocycles. The molecule has 0 aliphatic heterocycles. The molecule has 2 unspecified atom stereocenters. The van der Waals surface area contributed by atoms with Gasteiger partial charge in [-0.1, -0.05) is 35.3 Å². The van der Waals surface area contributed by atoms with Gasteiger partial charge in [0.1, 0.15) is 11.5 Å². The number of carbonyl (C=O) groups is 6. The van der Waals surface area contributed by atoms with Crippen molar-refractivity contribution in [3.8, 4) is 11.5 Å². The second-order valence-corrected chi connectivity index (χ2v) is 17.2. The van der Waals surface area contributed by atoms with Crippen LogP contribution in [0.4, 0.5) is 34.1 Å². The third-order valence-electron chi connectivity index (χ3n) is 10.3. The van der Waals surface area contributed by atoms with Gasteiger partial charge in [-0.25, -0.2) is 0 Å². The predicted octanol–water partition coefficient (Wildman–Crippen LogP) is 12.0. The zero-order chi connectivity index (χ0) is 51.6. The van der Waals surface area contributed by atoms with Crippen LogP contribution in [-0.4, -0.2) is 78.1 Å². The summed E-state index contributed by atoms with van der Waals surface area (Å²) in [5.41, 5.74) is 3.71. The first-order chi connectivity index (χ1) is 34.1. The Morgan fingerprint density at radius 3 is 1.41 bits per heavy atom. The molecular formula is C50H49Cl5N8O8. The fourth-order valence-electron chi connectivity index (χ4n) is 6.93. The monoisotopic (exact) mass is 1060 g/mol. The first-order valence-electron chi connectivity index (χ1n) is 22.1. The summed E-state index contributed by atoms with van der Waals surface area (Å²) in [6.07, 6.45) is 1.06. The van der Waals surface area contributed by atoms with Crippen LogP contribution in [0.25, 0.3) is 0 Å². The number of nitrogens with one attached hydrogen (secondary N) is 4. The number of ketones is 2. The summed E-state index contributed by atoms with van der Waals surface area (Å²) in [5.74, 6) is -2.18. The van der Waals surface area contributed by atoms with E-state index in [0.717, 1.165) is 0 Å². The zero-order valence-electron chi connectivity index (χ0n) is 38.9. The molecule has 2 atom stereocenters. The van der Waals surface area contributed by atoms with E-state index in [1.54, 1.807) is 36.4 Å². The van der Waals surface area contributed by atoms with Crippen molar-refractivity contribution in [2.45, 2.75) is 59.0 Å². The number of benzene rings is 5. The third-order valence-corrected chi connectivity index (χ3v) is 11.5. The number of nitrogens with zero attached hydrogens (tertiary/aromatic N) is 4. The second kappa shape index (κ2) is 27.2. The van der Waals surface area contributed by atoms with Crippen LogP contribution in [0.1, 0.15) is 65.1 Å². The van der Waals surface area contributed by atoms with Gasteiger partial charge in [0.05, 0.1) is 45.8 Å². The SMILES string of the molecule is CCOc1cccc(NC(=O)c2cc(N=NC(C(C)=O)C(=O)Nc3ccc(NC(=O)C(N=Nc4ccc(Cl)c(C(=O)Nc5cccc(OCC)c5CCCl)c4)C(C)=O)c(CCCl)c3)ccc2Cl)c1CCCl. The number of aryl methyl sites for hydroxylation is 1. The van der Waals surface area contributed by atoms with Crippen molar-refractivity contribution in [1.29, 1.82) is 0 Å². The van der Waals surface area contributed by atoms with Gasteiger partial charge in [-0.2, -0.15) is 20.5 Å². The van der Waals surface area contributed by atoms with E-state index in [-0.39, 0.29) is 68.0 Å². The Morgan fingerprint density at radius 1 is 0.535 bits per heavy atom. The highest BCUT2D eigenvalue weighted by Gasteiger charge is 2.27. The molecule has 4 amide bonds. The van der Waals surface area contributed by atoms with E-state index < -0.39 is 47.3 Å². The van der Waals surface area contributed by atoms with E-state index in [9.17, 15) is 28.8 Å². The number of carbonyl (C=O) groups excluding carboxylic acids is 6. The standard InChI is InChI=1S/C50H49Cl5N8O8/c1-5-70-43-11-7-9-41(34(43)20-23-52)58-47(66)36-26-32(13-16-38(36)54)60-62-45(28(3)64)49(68)56-31-15-18-40(30(25-31)19-22-51)57-50(69)46(29(4)65)63-61-33-14-17-39(55)37(27-33)48(67)59-42-10-8-12-44(71-6-2)35(42)21-24-53/h7-18,25-27,45-46H,5-6,19-24H2,1-4H3,(H,56,68)(H,57,69)(H,58,66)(H,59,67). The van der Waals surface area contributed by atoms with Gasteiger partial charge in [-0.15, -0.1) is 34.8 Å². The van der Waals surface area contributed by atoms with E-state index in [2.05, 4.69) is 41.7 Å². The lowest BCUT2D eigenvalue weighted by molar-refractivity contribution is -0.127. The lowest BCUT2D eigenvalue weighted by Gasteiger charge is -2.16. The number of azo groups is 2. The summed E-state index contributed by atoms with van der Waals surface area (Å²) in [6, 6.07) is 20.3. The van der Waals surface area contributed by atoms with E-state index in [4.69, 9.17) is 67.5 Å². The van der Waals surface area contributed by atoms with Gasteiger partial charge >= 0.3 is 0 Å². The first-order valence-corrected chi connectivity index (χ1v) is 24.4. The average molecular weight is 1070 g/mol. The maximum atomic E-state index is 13.6. The van der Waals surface area contributed by atoms with Gasteiger partial charge < -0.3 is 30.7 Å². The number of hydrogen-bond donors (Lipinski definition) is 4. The molecule has 4 N–H and O–H groups in total. The van der Waals surface area contributed by atoms with Gasteiger partial charge in [-0.05, 0) is 131 Å². The number of ether oxygens (including phenoxy) is 2. The van der Waals surface area contributed by atoms with Crippen molar-refractivity contribution in [2.75, 3.05) is 52.1 Å². The van der Waals surface area contributed by atoms with Crippen molar-refractivity contribution in [1.82, 2.24) is 0 Å². The van der Waals surface area contributed by atoms with E-state index in [1.165, 1.54) is 68.4 Å². The van der Waals surface area contributed by atoms with Crippen molar-refractivity contribution >= 4 is 127 Å². The Balaban J connectivity index is 1.28. The average Bonchev–Trinajstić information content (AvgIpc) is 3.33. The van der Waals surface area contributed by atoms with Crippen LogP contribution in [0.15, 0.2) is 111 Å². The summed E-state index contributed by atoms with van der Waals surface area (Å²) in [5, 5.41) is 27.5. The fraction of sp³-hybridized carbons (Fsp3) is 0.280. The topological polar surface area (TPSA) is 218 Å². The molecule has 0 aromatic heterocycles. The Morgan fingerprint density at radius 2 is 0.986 bits per heavy atom. The van der Waals surface area contributed by atoms with Crippen LogP contribution in [0.5, 0.6) is 11.5 Å². The molecule has 0 spiro atoms. The van der Waals surface area contributed by atoms with Gasteiger partial charge in [-0.3, -0.25) is 28.8 Å². The molecule has 0 aliphatic rings. The molecule has 16 nitrogen and oxygen atoms in total. The minimum absolute atomic E-state index is 0.0527. The fourth-order valence-corrected chi connectivity index (χ4v) is 7.92. The van der Waals surface area contributed by atoms with E-state index >= 15 is 0 Å². The Labute approximate surface area is 435 Å². The summed E-state index contributed by atoms with van der Waals surface area (Å²) >= 11 is 31.0. The number of halogens is 5. The molecule has 0 bridgehead atoms. The summed E-state index contributed by atoms with van der Waals surface area (Å²) in [7, 11) is 0. The largest absolute Gasteiger partial charge is 0.494 e. The van der Waals surface area contributed by atoms with E-state index in [1.807, 2.05) is 13.8 Å². The lowest BCUT2D eigenvalue weighted by Crippen LogP contribution is -2.32. The number of rotatable bonds is 24. The Hall–Kier alpha value is -6.43. The molecule has 5 rings (SSSR count).